The van der Waals surface area contributed by atoms with Crippen LogP contribution in [-0.4, -0.2) is 48.7 Å². The van der Waals surface area contributed by atoms with E-state index >= 15 is 0 Å². The molecule has 0 radical (unpaired) electrons. The highest BCUT2D eigenvalue weighted by Crippen LogP contribution is 1.97. The Kier molecular flexibility index (Phi) is 5.49. The van der Waals surface area contributed by atoms with E-state index in [-0.39, 0.29) is 23.7 Å². The monoisotopic (exact) mass is 288 g/mol. The summed E-state index contributed by atoms with van der Waals surface area (Å²) in [5.74, 6) is 0.106. The van der Waals surface area contributed by atoms with Gasteiger partial charge in [-0.2, -0.15) is 0 Å². The smallest absolute Gasteiger partial charge is 0.293 e. The fourth-order valence-corrected chi connectivity index (χ4v) is 2.19. The van der Waals surface area contributed by atoms with Crippen LogP contribution in [0.3, 0.4) is 0 Å². The average molecular weight is 288 g/mol. The third-order valence-electron chi connectivity index (χ3n) is 2.59. The number of hydrogen-bond donors (Lipinski definition) is 1. The molecule has 0 fully saturated rings. The Morgan fingerprint density at radius 2 is 2.11 bits per heavy atom. The van der Waals surface area contributed by atoms with Gasteiger partial charge in [0.2, 0.25) is 10.0 Å². The second-order valence-electron chi connectivity index (χ2n) is 4.30. The van der Waals surface area contributed by atoms with Crippen LogP contribution < -0.4 is 10.9 Å². The van der Waals surface area contributed by atoms with Gasteiger partial charge in [0.1, 0.15) is 0 Å². The molecule has 0 saturated heterocycles. The molecule has 1 N–H and O–H groups in total. The molecule has 108 valence electrons. The molecule has 1 rings (SSSR count). The van der Waals surface area contributed by atoms with Crippen LogP contribution in [0.2, 0.25) is 0 Å². The van der Waals surface area contributed by atoms with Crippen molar-refractivity contribution < 1.29 is 8.42 Å². The fraction of sp³-hybridized carbons (Fsp3) is 0.636. The van der Waals surface area contributed by atoms with Crippen molar-refractivity contribution in [3.8, 4) is 0 Å². The topological polar surface area (TPSA) is 84.3 Å². The maximum atomic E-state index is 11.9. The molecule has 0 aliphatic heterocycles. The van der Waals surface area contributed by atoms with E-state index in [4.69, 9.17) is 0 Å². The van der Waals surface area contributed by atoms with E-state index in [1.165, 1.54) is 20.3 Å². The Balaban J connectivity index is 2.69. The molecule has 19 heavy (non-hydrogen) atoms. The van der Waals surface area contributed by atoms with E-state index in [1.54, 1.807) is 10.8 Å². The molecule has 0 aliphatic carbocycles. The number of rotatable bonds is 7. The Labute approximate surface area is 113 Å². The van der Waals surface area contributed by atoms with Crippen molar-refractivity contribution in [2.45, 2.75) is 19.9 Å². The number of anilines is 1. The van der Waals surface area contributed by atoms with Crippen molar-refractivity contribution in [1.82, 2.24) is 13.9 Å². The van der Waals surface area contributed by atoms with Gasteiger partial charge in [-0.1, -0.05) is 6.92 Å². The van der Waals surface area contributed by atoms with Gasteiger partial charge in [0.05, 0.1) is 5.75 Å². The summed E-state index contributed by atoms with van der Waals surface area (Å²) in [6.45, 7) is 2.74. The van der Waals surface area contributed by atoms with Gasteiger partial charge in [0.15, 0.2) is 5.82 Å². The molecule has 7 nitrogen and oxygen atoms in total. The quantitative estimate of drug-likeness (QED) is 0.761. The molecule has 1 aromatic rings. The molecule has 1 aromatic heterocycles. The zero-order valence-corrected chi connectivity index (χ0v) is 12.3. The normalized spacial score (nSPS) is 11.8. The third kappa shape index (κ3) is 4.32. The van der Waals surface area contributed by atoms with E-state index in [1.807, 2.05) is 6.92 Å². The van der Waals surface area contributed by atoms with Gasteiger partial charge in [0, 0.05) is 39.6 Å². The number of aryl methyl sites for hydroxylation is 1. The first kappa shape index (κ1) is 15.6. The highest BCUT2D eigenvalue weighted by atomic mass is 32.2. The van der Waals surface area contributed by atoms with Crippen molar-refractivity contribution in [1.29, 1.82) is 0 Å². The van der Waals surface area contributed by atoms with Gasteiger partial charge in [0.25, 0.3) is 5.56 Å². The predicted octanol–water partition coefficient (Wildman–Crippen LogP) is -0.0434. The second-order valence-corrected chi connectivity index (χ2v) is 6.60. The maximum absolute atomic E-state index is 11.9. The van der Waals surface area contributed by atoms with Crippen molar-refractivity contribution in [3.63, 3.8) is 0 Å². The molecule has 8 heteroatoms. The van der Waals surface area contributed by atoms with Crippen LogP contribution in [-0.2, 0) is 16.6 Å². The van der Waals surface area contributed by atoms with Crippen molar-refractivity contribution in [2.24, 2.45) is 0 Å². The minimum atomic E-state index is -3.27. The minimum absolute atomic E-state index is 0.0796. The zero-order chi connectivity index (χ0) is 14.5. The van der Waals surface area contributed by atoms with E-state index in [0.29, 0.717) is 6.54 Å². The molecule has 1 heterocycles. The largest absolute Gasteiger partial charge is 0.364 e. The summed E-state index contributed by atoms with van der Waals surface area (Å²) in [5, 5.41) is 2.77. The van der Waals surface area contributed by atoms with Crippen molar-refractivity contribution in [3.05, 3.63) is 22.7 Å². The molecule has 0 spiro atoms. The molecule has 0 unspecified atom stereocenters. The molecule has 0 bridgehead atoms. The Bertz CT molecular complexity index is 566. The van der Waals surface area contributed by atoms with E-state index in [2.05, 4.69) is 10.3 Å². The van der Waals surface area contributed by atoms with Gasteiger partial charge in [-0.15, -0.1) is 0 Å². The third-order valence-corrected chi connectivity index (χ3v) is 4.42. The lowest BCUT2D eigenvalue weighted by molar-refractivity contribution is 0.521. The average Bonchev–Trinajstić information content (AvgIpc) is 2.33. The lowest BCUT2D eigenvalue weighted by Gasteiger charge is -2.12. The standard InChI is InChI=1S/C11H20N4O3S/c1-4-7-15-8-5-12-10(11(15)16)13-6-9-19(17,18)14(2)3/h5,8H,4,6-7,9H2,1-3H3,(H,12,13). The van der Waals surface area contributed by atoms with Gasteiger partial charge in [-0.25, -0.2) is 17.7 Å². The lowest BCUT2D eigenvalue weighted by atomic mass is 10.4. The number of aromatic nitrogens is 2. The molecule has 0 aromatic carbocycles. The molecule has 0 saturated carbocycles. The van der Waals surface area contributed by atoms with Crippen LogP contribution >= 0.6 is 0 Å². The van der Waals surface area contributed by atoms with Crippen LogP contribution in [0, 0.1) is 0 Å². The molecule has 0 atom stereocenters. The van der Waals surface area contributed by atoms with Crippen LogP contribution in [0.4, 0.5) is 5.82 Å². The molecular weight excluding hydrogens is 268 g/mol. The van der Waals surface area contributed by atoms with Crippen molar-refractivity contribution >= 4 is 15.8 Å². The highest BCUT2D eigenvalue weighted by molar-refractivity contribution is 7.89. The predicted molar refractivity (Wildman–Crippen MR) is 74.8 cm³/mol. The first-order chi connectivity index (χ1) is 8.88. The summed E-state index contributed by atoms with van der Waals surface area (Å²) in [7, 11) is -0.314. The van der Waals surface area contributed by atoms with Gasteiger partial charge in [-0.3, -0.25) is 4.79 Å². The van der Waals surface area contributed by atoms with Crippen LogP contribution in [0.1, 0.15) is 13.3 Å². The SMILES string of the molecule is CCCn1ccnc(NCCS(=O)(=O)N(C)C)c1=O. The van der Waals surface area contributed by atoms with Crippen LogP contribution in [0.25, 0.3) is 0 Å². The summed E-state index contributed by atoms with van der Waals surface area (Å²) in [4.78, 5) is 15.9. The summed E-state index contributed by atoms with van der Waals surface area (Å²) in [5.41, 5.74) is -0.230. The number of sulfonamides is 1. The Morgan fingerprint density at radius 3 is 2.68 bits per heavy atom. The summed E-state index contributed by atoms with van der Waals surface area (Å²) in [6, 6.07) is 0. The summed E-state index contributed by atoms with van der Waals surface area (Å²) in [6.07, 6.45) is 3.99. The molecular formula is C11H20N4O3S. The minimum Gasteiger partial charge on any atom is -0.364 e. The first-order valence-corrected chi connectivity index (χ1v) is 7.69. The number of nitrogens with one attached hydrogen (secondary N) is 1. The van der Waals surface area contributed by atoms with Crippen molar-refractivity contribution in [2.75, 3.05) is 31.7 Å². The summed E-state index contributed by atoms with van der Waals surface area (Å²) < 4.78 is 25.8. The number of nitrogens with zero attached hydrogens (tertiary/aromatic N) is 3. The van der Waals surface area contributed by atoms with Crippen LogP contribution in [0.15, 0.2) is 17.2 Å². The first-order valence-electron chi connectivity index (χ1n) is 6.08. The van der Waals surface area contributed by atoms with E-state index in [9.17, 15) is 13.2 Å². The van der Waals surface area contributed by atoms with E-state index in [0.717, 1.165) is 10.7 Å². The molecule has 0 aliphatic rings. The Hall–Kier alpha value is -1.41. The number of hydrogen-bond acceptors (Lipinski definition) is 5. The highest BCUT2D eigenvalue weighted by Gasteiger charge is 2.13. The molecule has 0 amide bonds. The maximum Gasteiger partial charge on any atom is 0.293 e. The van der Waals surface area contributed by atoms with Gasteiger partial charge >= 0.3 is 0 Å². The Morgan fingerprint density at radius 1 is 1.42 bits per heavy atom. The van der Waals surface area contributed by atoms with E-state index < -0.39 is 10.0 Å². The summed E-state index contributed by atoms with van der Waals surface area (Å²) >= 11 is 0. The second kappa shape index (κ2) is 6.67. The fourth-order valence-electron chi connectivity index (χ4n) is 1.47. The van der Waals surface area contributed by atoms with Gasteiger partial charge < -0.3 is 9.88 Å². The lowest BCUT2D eigenvalue weighted by Crippen LogP contribution is -2.30. The zero-order valence-electron chi connectivity index (χ0n) is 11.5. The van der Waals surface area contributed by atoms with Crippen LogP contribution in [0.5, 0.6) is 0 Å². The van der Waals surface area contributed by atoms with Gasteiger partial charge in [-0.05, 0) is 6.42 Å².